The summed E-state index contributed by atoms with van der Waals surface area (Å²) in [5.74, 6) is -2.51. The molecule has 0 saturated heterocycles. The van der Waals surface area contributed by atoms with Crippen LogP contribution in [-0.2, 0) is 12.7 Å². The molecule has 1 unspecified atom stereocenters. The van der Waals surface area contributed by atoms with E-state index in [4.69, 9.17) is 0 Å². The van der Waals surface area contributed by atoms with E-state index >= 15 is 0 Å². The number of carbonyl (C=O) groups is 2. The number of benzene rings is 1. The van der Waals surface area contributed by atoms with Crippen molar-refractivity contribution in [2.24, 2.45) is 0 Å². The zero-order chi connectivity index (χ0) is 23.3. The Bertz CT molecular complexity index is 1030. The molecular formula is C21H23F4N3O3. The number of aromatic nitrogens is 1. The number of halogens is 4. The van der Waals surface area contributed by atoms with E-state index < -0.39 is 41.3 Å². The van der Waals surface area contributed by atoms with Gasteiger partial charge in [0.2, 0.25) is 5.43 Å². The molecular weight excluding hydrogens is 418 g/mol. The molecule has 6 nitrogen and oxygen atoms in total. The maximum Gasteiger partial charge on any atom is 0.416 e. The van der Waals surface area contributed by atoms with Gasteiger partial charge in [-0.3, -0.25) is 14.4 Å². The number of pyridine rings is 1. The number of nitrogens with zero attached hydrogens (tertiary/aromatic N) is 1. The largest absolute Gasteiger partial charge is 0.416 e. The zero-order valence-electron chi connectivity index (χ0n) is 17.3. The predicted octanol–water partition coefficient (Wildman–Crippen LogP) is 3.66. The molecule has 0 fully saturated rings. The van der Waals surface area contributed by atoms with Crippen LogP contribution < -0.4 is 16.1 Å². The highest BCUT2D eigenvalue weighted by atomic mass is 19.4. The molecule has 1 atom stereocenters. The SMILES string of the molecule is CCNC(=O)c1cn(C(C)CC)cc(C(=O)NCc2cc(C(F)(F)F)ccc2F)c1=O. The minimum absolute atomic E-state index is 0.138. The molecule has 0 aliphatic heterocycles. The highest BCUT2D eigenvalue weighted by Gasteiger charge is 2.31. The van der Waals surface area contributed by atoms with Crippen LogP contribution in [0.15, 0.2) is 35.4 Å². The van der Waals surface area contributed by atoms with Crippen molar-refractivity contribution in [1.29, 1.82) is 0 Å². The van der Waals surface area contributed by atoms with E-state index in [9.17, 15) is 31.9 Å². The smallest absolute Gasteiger partial charge is 0.352 e. The van der Waals surface area contributed by atoms with Gasteiger partial charge >= 0.3 is 6.18 Å². The van der Waals surface area contributed by atoms with Gasteiger partial charge in [-0.2, -0.15) is 13.2 Å². The summed E-state index contributed by atoms with van der Waals surface area (Å²) in [6.45, 7) is 5.08. The van der Waals surface area contributed by atoms with Gasteiger partial charge in [-0.1, -0.05) is 6.92 Å². The molecule has 2 amide bonds. The van der Waals surface area contributed by atoms with Gasteiger partial charge in [0.15, 0.2) is 0 Å². The number of amides is 2. The third-order valence-corrected chi connectivity index (χ3v) is 4.78. The van der Waals surface area contributed by atoms with Gasteiger partial charge in [-0.25, -0.2) is 4.39 Å². The second-order valence-corrected chi connectivity index (χ2v) is 6.97. The van der Waals surface area contributed by atoms with Crippen molar-refractivity contribution in [2.45, 2.75) is 46.0 Å². The summed E-state index contributed by atoms with van der Waals surface area (Å²) < 4.78 is 54.1. The Morgan fingerprint density at radius 3 is 2.16 bits per heavy atom. The van der Waals surface area contributed by atoms with E-state index in [1.807, 2.05) is 13.8 Å². The van der Waals surface area contributed by atoms with Crippen molar-refractivity contribution in [3.05, 3.63) is 68.9 Å². The Morgan fingerprint density at radius 1 is 1.06 bits per heavy atom. The molecule has 0 aliphatic carbocycles. The van der Waals surface area contributed by atoms with Crippen LogP contribution in [0.5, 0.6) is 0 Å². The molecule has 1 aromatic heterocycles. The average molecular weight is 441 g/mol. The van der Waals surface area contributed by atoms with Gasteiger partial charge in [0.05, 0.1) is 5.56 Å². The summed E-state index contributed by atoms with van der Waals surface area (Å²) >= 11 is 0. The summed E-state index contributed by atoms with van der Waals surface area (Å²) in [5, 5.41) is 4.77. The number of carbonyl (C=O) groups excluding carboxylic acids is 2. The fourth-order valence-electron chi connectivity index (χ4n) is 2.80. The number of hydrogen-bond acceptors (Lipinski definition) is 3. The molecule has 168 valence electrons. The van der Waals surface area contributed by atoms with Crippen LogP contribution in [-0.4, -0.2) is 22.9 Å². The molecule has 0 bridgehead atoms. The van der Waals surface area contributed by atoms with Crippen LogP contribution in [0.1, 0.15) is 65.1 Å². The Morgan fingerprint density at radius 2 is 1.65 bits per heavy atom. The highest BCUT2D eigenvalue weighted by Crippen LogP contribution is 2.30. The summed E-state index contributed by atoms with van der Waals surface area (Å²) in [6.07, 6.45) is -1.40. The van der Waals surface area contributed by atoms with Crippen LogP contribution in [0, 0.1) is 5.82 Å². The van der Waals surface area contributed by atoms with Gasteiger partial charge in [0.1, 0.15) is 16.9 Å². The summed E-state index contributed by atoms with van der Waals surface area (Å²) in [7, 11) is 0. The molecule has 1 heterocycles. The summed E-state index contributed by atoms with van der Waals surface area (Å²) in [6, 6.07) is 1.72. The number of hydrogen-bond donors (Lipinski definition) is 2. The Labute approximate surface area is 176 Å². The monoisotopic (exact) mass is 441 g/mol. The first-order valence-electron chi connectivity index (χ1n) is 9.67. The lowest BCUT2D eigenvalue weighted by Gasteiger charge is -2.17. The van der Waals surface area contributed by atoms with Crippen molar-refractivity contribution in [1.82, 2.24) is 15.2 Å². The van der Waals surface area contributed by atoms with E-state index in [2.05, 4.69) is 10.6 Å². The third kappa shape index (κ3) is 5.71. The van der Waals surface area contributed by atoms with Gasteiger partial charge in [0, 0.05) is 37.1 Å². The Hall–Kier alpha value is -3.17. The minimum Gasteiger partial charge on any atom is -0.352 e. The predicted molar refractivity (Wildman–Crippen MR) is 106 cm³/mol. The molecule has 0 saturated carbocycles. The number of rotatable bonds is 7. The third-order valence-electron chi connectivity index (χ3n) is 4.78. The fourth-order valence-corrected chi connectivity index (χ4v) is 2.80. The van der Waals surface area contributed by atoms with Gasteiger partial charge in [0.25, 0.3) is 11.8 Å². The molecule has 0 spiro atoms. The second-order valence-electron chi connectivity index (χ2n) is 6.97. The lowest BCUT2D eigenvalue weighted by atomic mass is 10.1. The quantitative estimate of drug-likeness (QED) is 0.644. The van der Waals surface area contributed by atoms with Crippen LogP contribution in [0.4, 0.5) is 17.6 Å². The summed E-state index contributed by atoms with van der Waals surface area (Å²) in [5.41, 5.74) is -2.87. The van der Waals surface area contributed by atoms with Crippen LogP contribution in [0.2, 0.25) is 0 Å². The highest BCUT2D eigenvalue weighted by molar-refractivity contribution is 5.99. The molecule has 0 radical (unpaired) electrons. The first-order valence-corrected chi connectivity index (χ1v) is 9.67. The van der Waals surface area contributed by atoms with Crippen LogP contribution >= 0.6 is 0 Å². The lowest BCUT2D eigenvalue weighted by molar-refractivity contribution is -0.137. The van der Waals surface area contributed by atoms with Crippen molar-refractivity contribution in [3.8, 4) is 0 Å². The fraction of sp³-hybridized carbons (Fsp3) is 0.381. The van der Waals surface area contributed by atoms with Crippen molar-refractivity contribution >= 4 is 11.8 Å². The van der Waals surface area contributed by atoms with Crippen molar-refractivity contribution in [3.63, 3.8) is 0 Å². The topological polar surface area (TPSA) is 80.2 Å². The van der Waals surface area contributed by atoms with E-state index in [-0.39, 0.29) is 29.3 Å². The van der Waals surface area contributed by atoms with Crippen molar-refractivity contribution < 1.29 is 27.2 Å². The maximum atomic E-state index is 13.9. The first-order chi connectivity index (χ1) is 14.5. The lowest BCUT2D eigenvalue weighted by Crippen LogP contribution is -2.35. The molecule has 2 N–H and O–H groups in total. The van der Waals surface area contributed by atoms with Gasteiger partial charge in [-0.15, -0.1) is 0 Å². The molecule has 31 heavy (non-hydrogen) atoms. The van der Waals surface area contributed by atoms with Crippen LogP contribution in [0.3, 0.4) is 0 Å². The maximum absolute atomic E-state index is 13.9. The average Bonchev–Trinajstić information content (AvgIpc) is 2.71. The molecule has 2 aromatic rings. The summed E-state index contributed by atoms with van der Waals surface area (Å²) in [4.78, 5) is 37.6. The van der Waals surface area contributed by atoms with Crippen molar-refractivity contribution in [2.75, 3.05) is 6.54 Å². The van der Waals surface area contributed by atoms with Gasteiger partial charge in [-0.05, 0) is 38.5 Å². The number of nitrogens with one attached hydrogen (secondary N) is 2. The van der Waals surface area contributed by atoms with E-state index in [0.29, 0.717) is 24.6 Å². The van der Waals surface area contributed by atoms with Crippen LogP contribution in [0.25, 0.3) is 0 Å². The Balaban J connectivity index is 2.38. The standard InChI is InChI=1S/C21H23F4N3O3/c1-4-12(3)28-10-15(19(30)26-5-2)18(29)16(11-28)20(31)27-9-13-8-14(21(23,24)25)6-7-17(13)22/h6-8,10-12H,4-5,9H2,1-3H3,(H,26,30)(H,27,31). The first kappa shape index (κ1) is 24.1. The molecule has 1 aromatic carbocycles. The molecule has 2 rings (SSSR count). The minimum atomic E-state index is -4.67. The number of alkyl halides is 3. The zero-order valence-corrected chi connectivity index (χ0v) is 17.3. The molecule has 0 aliphatic rings. The molecule has 10 heteroatoms. The Kier molecular flexibility index (Phi) is 7.59. The van der Waals surface area contributed by atoms with E-state index in [1.165, 1.54) is 12.4 Å². The van der Waals surface area contributed by atoms with E-state index in [1.54, 1.807) is 11.5 Å². The van der Waals surface area contributed by atoms with Gasteiger partial charge < -0.3 is 15.2 Å². The van der Waals surface area contributed by atoms with E-state index in [0.717, 1.165) is 0 Å². The second kappa shape index (κ2) is 9.76. The normalized spacial score (nSPS) is 12.4.